The molecule has 0 spiro atoms. The third kappa shape index (κ3) is 1.45. The summed E-state index contributed by atoms with van der Waals surface area (Å²) in [5, 5.41) is 11.5. The summed E-state index contributed by atoms with van der Waals surface area (Å²) in [5.74, 6) is 0.722. The van der Waals surface area contributed by atoms with E-state index in [1.807, 2.05) is 18.2 Å². The second-order valence-electron chi connectivity index (χ2n) is 4.33. The van der Waals surface area contributed by atoms with E-state index in [2.05, 4.69) is 4.98 Å². The summed E-state index contributed by atoms with van der Waals surface area (Å²) in [6.45, 7) is 0. The van der Waals surface area contributed by atoms with Gasteiger partial charge in [-0.1, -0.05) is 30.2 Å². The molecule has 0 aliphatic heterocycles. The minimum atomic E-state index is 0.305. The summed E-state index contributed by atoms with van der Waals surface area (Å²) >= 11 is 6.10. The van der Waals surface area contributed by atoms with Crippen LogP contribution in [0.1, 0.15) is 30.9 Å². The first kappa shape index (κ1) is 9.91. The molecule has 0 atom stereocenters. The van der Waals surface area contributed by atoms with Crippen molar-refractivity contribution in [2.75, 3.05) is 0 Å². The third-order valence-electron chi connectivity index (χ3n) is 3.30. The minimum absolute atomic E-state index is 0.305. The van der Waals surface area contributed by atoms with Gasteiger partial charge in [0.2, 0.25) is 0 Å². The number of aromatic nitrogens is 1. The van der Waals surface area contributed by atoms with Gasteiger partial charge in [0, 0.05) is 11.3 Å². The van der Waals surface area contributed by atoms with E-state index in [0.29, 0.717) is 16.7 Å². The Labute approximate surface area is 98.9 Å². The van der Waals surface area contributed by atoms with E-state index in [1.165, 1.54) is 6.42 Å². The number of para-hydroxylation sites is 1. The molecule has 3 heteroatoms. The van der Waals surface area contributed by atoms with Crippen molar-refractivity contribution in [1.82, 2.24) is 4.98 Å². The standard InChI is InChI=1S/C13H12ClNO/c14-10-6-2-5-9-7-11(16)13(15-12(9)10)8-3-1-4-8/h2,5-8,16H,1,3-4H2. The molecule has 82 valence electrons. The zero-order chi connectivity index (χ0) is 11.1. The lowest BCUT2D eigenvalue weighted by Crippen LogP contribution is -2.10. The fourth-order valence-corrected chi connectivity index (χ4v) is 2.37. The van der Waals surface area contributed by atoms with Crippen LogP contribution >= 0.6 is 11.6 Å². The molecule has 16 heavy (non-hydrogen) atoms. The van der Waals surface area contributed by atoms with Gasteiger partial charge in [-0.2, -0.15) is 0 Å². The summed E-state index contributed by atoms with van der Waals surface area (Å²) < 4.78 is 0. The molecule has 0 saturated heterocycles. The van der Waals surface area contributed by atoms with E-state index < -0.39 is 0 Å². The zero-order valence-electron chi connectivity index (χ0n) is 8.78. The second kappa shape index (κ2) is 3.63. The summed E-state index contributed by atoms with van der Waals surface area (Å²) in [5.41, 5.74) is 1.61. The number of aromatic hydroxyl groups is 1. The lowest BCUT2D eigenvalue weighted by molar-refractivity contribution is 0.385. The molecular weight excluding hydrogens is 222 g/mol. The zero-order valence-corrected chi connectivity index (χ0v) is 9.54. The molecule has 0 bridgehead atoms. The van der Waals surface area contributed by atoms with Gasteiger partial charge < -0.3 is 5.11 Å². The fraction of sp³-hybridized carbons (Fsp3) is 0.308. The van der Waals surface area contributed by atoms with Crippen LogP contribution in [0.3, 0.4) is 0 Å². The fourth-order valence-electron chi connectivity index (χ4n) is 2.15. The number of pyridine rings is 1. The number of fused-ring (bicyclic) bond motifs is 1. The first-order chi connectivity index (χ1) is 7.75. The van der Waals surface area contributed by atoms with E-state index in [0.717, 1.165) is 29.4 Å². The number of benzene rings is 1. The Kier molecular flexibility index (Phi) is 2.25. The molecule has 2 aromatic rings. The van der Waals surface area contributed by atoms with Crippen LogP contribution < -0.4 is 0 Å². The Balaban J connectivity index is 2.22. The average Bonchev–Trinajstić information content (AvgIpc) is 2.18. The molecule has 1 saturated carbocycles. The molecule has 1 fully saturated rings. The number of halogens is 1. The monoisotopic (exact) mass is 233 g/mol. The van der Waals surface area contributed by atoms with Crippen molar-refractivity contribution in [2.24, 2.45) is 0 Å². The Bertz CT molecular complexity index is 549. The summed E-state index contributed by atoms with van der Waals surface area (Å²) in [4.78, 5) is 4.51. The van der Waals surface area contributed by atoms with E-state index >= 15 is 0 Å². The smallest absolute Gasteiger partial charge is 0.138 e. The van der Waals surface area contributed by atoms with Gasteiger partial charge in [-0.05, 0) is 25.0 Å². The molecule has 1 aromatic carbocycles. The molecule has 1 heterocycles. The van der Waals surface area contributed by atoms with E-state index in [4.69, 9.17) is 11.6 Å². The summed E-state index contributed by atoms with van der Waals surface area (Å²) in [6.07, 6.45) is 3.47. The van der Waals surface area contributed by atoms with Crippen LogP contribution in [-0.4, -0.2) is 10.1 Å². The van der Waals surface area contributed by atoms with Crippen molar-refractivity contribution in [3.05, 3.63) is 35.0 Å². The minimum Gasteiger partial charge on any atom is -0.506 e. The molecule has 1 aromatic heterocycles. The van der Waals surface area contributed by atoms with Crippen molar-refractivity contribution < 1.29 is 5.11 Å². The van der Waals surface area contributed by atoms with Crippen molar-refractivity contribution in [2.45, 2.75) is 25.2 Å². The van der Waals surface area contributed by atoms with Crippen LogP contribution in [0.15, 0.2) is 24.3 Å². The maximum absolute atomic E-state index is 9.93. The van der Waals surface area contributed by atoms with Gasteiger partial charge in [0.25, 0.3) is 0 Å². The Hall–Kier alpha value is -1.28. The predicted molar refractivity (Wildman–Crippen MR) is 65.0 cm³/mol. The Morgan fingerprint density at radius 1 is 1.31 bits per heavy atom. The Morgan fingerprint density at radius 2 is 2.12 bits per heavy atom. The van der Waals surface area contributed by atoms with Gasteiger partial charge >= 0.3 is 0 Å². The van der Waals surface area contributed by atoms with Crippen molar-refractivity contribution in [3.63, 3.8) is 0 Å². The topological polar surface area (TPSA) is 33.1 Å². The molecule has 1 N–H and O–H groups in total. The van der Waals surface area contributed by atoms with Crippen molar-refractivity contribution in [1.29, 1.82) is 0 Å². The van der Waals surface area contributed by atoms with Gasteiger partial charge in [0.15, 0.2) is 0 Å². The maximum Gasteiger partial charge on any atom is 0.138 e. The second-order valence-corrected chi connectivity index (χ2v) is 4.74. The third-order valence-corrected chi connectivity index (χ3v) is 3.60. The number of rotatable bonds is 1. The average molecular weight is 234 g/mol. The largest absolute Gasteiger partial charge is 0.506 e. The van der Waals surface area contributed by atoms with Crippen LogP contribution in [0, 0.1) is 0 Å². The maximum atomic E-state index is 9.93. The van der Waals surface area contributed by atoms with Gasteiger partial charge in [-0.15, -0.1) is 0 Å². The van der Waals surface area contributed by atoms with Crippen molar-refractivity contribution >= 4 is 22.5 Å². The molecule has 0 amide bonds. The van der Waals surface area contributed by atoms with E-state index in [1.54, 1.807) is 6.07 Å². The lowest BCUT2D eigenvalue weighted by atomic mass is 9.82. The normalized spacial score (nSPS) is 16.3. The molecule has 3 rings (SSSR count). The molecule has 1 aliphatic rings. The van der Waals surface area contributed by atoms with Crippen molar-refractivity contribution in [3.8, 4) is 5.75 Å². The van der Waals surface area contributed by atoms with Crippen LogP contribution in [-0.2, 0) is 0 Å². The van der Waals surface area contributed by atoms with E-state index in [-0.39, 0.29) is 0 Å². The van der Waals surface area contributed by atoms with Gasteiger partial charge in [0.05, 0.1) is 16.2 Å². The lowest BCUT2D eigenvalue weighted by Gasteiger charge is -2.25. The van der Waals surface area contributed by atoms with E-state index in [9.17, 15) is 5.11 Å². The highest BCUT2D eigenvalue weighted by atomic mass is 35.5. The molecule has 1 aliphatic carbocycles. The first-order valence-corrected chi connectivity index (χ1v) is 5.91. The van der Waals surface area contributed by atoms with Crippen LogP contribution in [0.25, 0.3) is 10.9 Å². The highest BCUT2D eigenvalue weighted by Crippen LogP contribution is 2.40. The van der Waals surface area contributed by atoms with Crippen LogP contribution in [0.2, 0.25) is 5.02 Å². The van der Waals surface area contributed by atoms with Crippen LogP contribution in [0.4, 0.5) is 0 Å². The van der Waals surface area contributed by atoms with Gasteiger partial charge in [-0.25, -0.2) is 4.98 Å². The molecule has 2 nitrogen and oxygen atoms in total. The number of hydrogen-bond donors (Lipinski definition) is 1. The number of hydrogen-bond acceptors (Lipinski definition) is 2. The molecule has 0 radical (unpaired) electrons. The highest BCUT2D eigenvalue weighted by Gasteiger charge is 2.24. The van der Waals surface area contributed by atoms with Gasteiger partial charge in [-0.3, -0.25) is 0 Å². The summed E-state index contributed by atoms with van der Waals surface area (Å²) in [7, 11) is 0. The quantitative estimate of drug-likeness (QED) is 0.811. The summed E-state index contributed by atoms with van der Waals surface area (Å²) in [6, 6.07) is 7.38. The first-order valence-electron chi connectivity index (χ1n) is 5.54. The van der Waals surface area contributed by atoms with Crippen LogP contribution in [0.5, 0.6) is 5.75 Å². The van der Waals surface area contributed by atoms with Gasteiger partial charge in [0.1, 0.15) is 5.75 Å². The highest BCUT2D eigenvalue weighted by molar-refractivity contribution is 6.35. The molecular formula is C13H12ClNO. The SMILES string of the molecule is Oc1cc2cccc(Cl)c2nc1C1CCC1. The Morgan fingerprint density at radius 3 is 2.81 bits per heavy atom. The molecule has 0 unspecified atom stereocenters. The predicted octanol–water partition coefficient (Wildman–Crippen LogP) is 3.86. The number of nitrogens with zero attached hydrogens (tertiary/aromatic N) is 1.